The summed E-state index contributed by atoms with van der Waals surface area (Å²) in [5, 5.41) is 0.348. The van der Waals surface area contributed by atoms with Gasteiger partial charge in [-0.3, -0.25) is 0 Å². The molecule has 1 aromatic carbocycles. The van der Waals surface area contributed by atoms with E-state index in [2.05, 4.69) is 15.9 Å². The highest BCUT2D eigenvalue weighted by Crippen LogP contribution is 2.45. The van der Waals surface area contributed by atoms with Gasteiger partial charge in [-0.2, -0.15) is 0 Å². The SMILES string of the molecule is COC(=O)c1c(C)c(Cl)c(OC)c(Br)c1OC. The van der Waals surface area contributed by atoms with Crippen molar-refractivity contribution < 1.29 is 19.0 Å². The van der Waals surface area contributed by atoms with Crippen LogP contribution in [0.25, 0.3) is 0 Å². The van der Waals surface area contributed by atoms with Crippen molar-refractivity contribution in [3.63, 3.8) is 0 Å². The zero-order valence-electron chi connectivity index (χ0n) is 9.89. The van der Waals surface area contributed by atoms with Crippen molar-refractivity contribution in [1.29, 1.82) is 0 Å². The first-order valence-electron chi connectivity index (χ1n) is 4.67. The van der Waals surface area contributed by atoms with Crippen molar-refractivity contribution in [3.05, 3.63) is 20.6 Å². The summed E-state index contributed by atoms with van der Waals surface area (Å²) in [5.41, 5.74) is 0.836. The van der Waals surface area contributed by atoms with Gasteiger partial charge in [0.25, 0.3) is 0 Å². The summed E-state index contributed by atoms with van der Waals surface area (Å²) in [6.07, 6.45) is 0. The molecule has 0 radical (unpaired) electrons. The second kappa shape index (κ2) is 5.60. The summed E-state index contributed by atoms with van der Waals surface area (Å²) in [6, 6.07) is 0. The third kappa shape index (κ3) is 2.35. The number of esters is 1. The first-order chi connectivity index (χ1) is 7.99. The number of hydrogen-bond acceptors (Lipinski definition) is 4. The molecule has 0 aliphatic heterocycles. The van der Waals surface area contributed by atoms with Crippen LogP contribution in [0.4, 0.5) is 0 Å². The Bertz CT molecular complexity index is 460. The van der Waals surface area contributed by atoms with Crippen LogP contribution >= 0.6 is 27.5 Å². The largest absolute Gasteiger partial charge is 0.495 e. The summed E-state index contributed by atoms with van der Waals surface area (Å²) in [4.78, 5) is 11.7. The summed E-state index contributed by atoms with van der Waals surface area (Å²) >= 11 is 9.41. The second-order valence-corrected chi connectivity index (χ2v) is 4.36. The Balaban J connectivity index is 3.65. The molecule has 0 amide bonds. The van der Waals surface area contributed by atoms with Crippen molar-refractivity contribution >= 4 is 33.5 Å². The highest BCUT2D eigenvalue weighted by Gasteiger charge is 2.25. The number of methoxy groups -OCH3 is 3. The molecule has 1 aromatic rings. The molecule has 0 aliphatic rings. The van der Waals surface area contributed by atoms with E-state index in [0.717, 1.165) is 0 Å². The topological polar surface area (TPSA) is 44.8 Å². The van der Waals surface area contributed by atoms with Crippen LogP contribution < -0.4 is 9.47 Å². The summed E-state index contributed by atoms with van der Waals surface area (Å²) < 4.78 is 15.5. The molecule has 0 fully saturated rings. The summed E-state index contributed by atoms with van der Waals surface area (Å²) in [5.74, 6) is 0.258. The zero-order chi connectivity index (χ0) is 13.2. The van der Waals surface area contributed by atoms with Gasteiger partial charge in [0.15, 0.2) is 11.5 Å². The second-order valence-electron chi connectivity index (χ2n) is 3.19. The van der Waals surface area contributed by atoms with Crippen molar-refractivity contribution in [2.75, 3.05) is 21.3 Å². The smallest absolute Gasteiger partial charge is 0.342 e. The summed E-state index contributed by atoms with van der Waals surface area (Å²) in [7, 11) is 4.25. The van der Waals surface area contributed by atoms with Gasteiger partial charge in [0.05, 0.1) is 26.4 Å². The molecule has 0 saturated carbocycles. The number of carbonyl (C=O) groups excluding carboxylic acids is 1. The van der Waals surface area contributed by atoms with E-state index < -0.39 is 5.97 Å². The van der Waals surface area contributed by atoms with Crippen molar-refractivity contribution in [2.24, 2.45) is 0 Å². The van der Waals surface area contributed by atoms with Gasteiger partial charge in [-0.1, -0.05) is 11.6 Å². The van der Waals surface area contributed by atoms with E-state index in [1.165, 1.54) is 21.3 Å². The molecule has 0 aliphatic carbocycles. The fourth-order valence-corrected chi connectivity index (χ4v) is 2.58. The highest BCUT2D eigenvalue weighted by atomic mass is 79.9. The van der Waals surface area contributed by atoms with Gasteiger partial charge in [0.2, 0.25) is 0 Å². The van der Waals surface area contributed by atoms with E-state index >= 15 is 0 Å². The fraction of sp³-hybridized carbons (Fsp3) is 0.364. The van der Waals surface area contributed by atoms with Crippen LogP contribution in [-0.4, -0.2) is 27.3 Å². The van der Waals surface area contributed by atoms with Crippen LogP contribution in [0.1, 0.15) is 15.9 Å². The van der Waals surface area contributed by atoms with Crippen LogP contribution in [0.15, 0.2) is 4.47 Å². The van der Waals surface area contributed by atoms with Gasteiger partial charge in [0.1, 0.15) is 10.0 Å². The Morgan fingerprint density at radius 1 is 1.18 bits per heavy atom. The Kier molecular flexibility index (Phi) is 4.65. The molecular weight excluding hydrogens is 311 g/mol. The van der Waals surface area contributed by atoms with E-state index in [9.17, 15) is 4.79 Å². The fourth-order valence-electron chi connectivity index (χ4n) is 1.48. The minimum absolute atomic E-state index is 0.285. The maximum atomic E-state index is 11.7. The van der Waals surface area contributed by atoms with Crippen LogP contribution in [-0.2, 0) is 4.74 Å². The van der Waals surface area contributed by atoms with Gasteiger partial charge in [-0.25, -0.2) is 4.79 Å². The zero-order valence-corrected chi connectivity index (χ0v) is 12.2. The van der Waals surface area contributed by atoms with Crippen LogP contribution in [0.2, 0.25) is 5.02 Å². The molecule has 1 rings (SSSR count). The number of halogens is 2. The third-order valence-electron chi connectivity index (χ3n) is 2.33. The van der Waals surface area contributed by atoms with Gasteiger partial charge in [-0.05, 0) is 28.4 Å². The minimum atomic E-state index is -0.510. The molecule has 0 bridgehead atoms. The van der Waals surface area contributed by atoms with Crippen molar-refractivity contribution in [2.45, 2.75) is 6.92 Å². The summed E-state index contributed by atoms with van der Waals surface area (Å²) in [6.45, 7) is 1.70. The molecule has 0 heterocycles. The average molecular weight is 324 g/mol. The maximum absolute atomic E-state index is 11.7. The molecule has 0 aromatic heterocycles. The van der Waals surface area contributed by atoms with Crippen LogP contribution in [0.5, 0.6) is 11.5 Å². The molecule has 94 valence electrons. The van der Waals surface area contributed by atoms with Crippen LogP contribution in [0, 0.1) is 6.92 Å². The Labute approximate surface area is 113 Å². The van der Waals surface area contributed by atoms with E-state index in [1.54, 1.807) is 6.92 Å². The number of carbonyl (C=O) groups is 1. The van der Waals surface area contributed by atoms with Crippen molar-refractivity contribution in [1.82, 2.24) is 0 Å². The van der Waals surface area contributed by atoms with Gasteiger partial charge < -0.3 is 14.2 Å². The predicted octanol–water partition coefficient (Wildman–Crippen LogP) is 3.21. The molecule has 0 atom stereocenters. The van der Waals surface area contributed by atoms with E-state index in [4.69, 9.17) is 25.8 Å². The number of ether oxygens (including phenoxy) is 3. The first-order valence-corrected chi connectivity index (χ1v) is 5.84. The number of rotatable bonds is 3. The number of benzene rings is 1. The average Bonchev–Trinajstić information content (AvgIpc) is 2.33. The lowest BCUT2D eigenvalue weighted by molar-refractivity contribution is 0.0596. The monoisotopic (exact) mass is 322 g/mol. The molecular formula is C11H12BrClO4. The molecule has 0 N–H and O–H groups in total. The minimum Gasteiger partial charge on any atom is -0.495 e. The van der Waals surface area contributed by atoms with Gasteiger partial charge in [-0.15, -0.1) is 0 Å². The molecule has 0 saturated heterocycles. The lowest BCUT2D eigenvalue weighted by Crippen LogP contribution is -2.08. The molecule has 17 heavy (non-hydrogen) atoms. The Morgan fingerprint density at radius 3 is 2.12 bits per heavy atom. The number of hydrogen-bond donors (Lipinski definition) is 0. The molecule has 6 heteroatoms. The highest BCUT2D eigenvalue weighted by molar-refractivity contribution is 9.10. The molecule has 4 nitrogen and oxygen atoms in total. The Hall–Kier alpha value is -0.940. The normalized spacial score (nSPS) is 10.0. The van der Waals surface area contributed by atoms with Crippen LogP contribution in [0.3, 0.4) is 0 Å². The van der Waals surface area contributed by atoms with E-state index in [-0.39, 0.29) is 5.56 Å². The van der Waals surface area contributed by atoms with Crippen molar-refractivity contribution in [3.8, 4) is 11.5 Å². The quantitative estimate of drug-likeness (QED) is 0.801. The van der Waals surface area contributed by atoms with E-state index in [0.29, 0.717) is 26.6 Å². The maximum Gasteiger partial charge on any atom is 0.342 e. The molecule has 0 unspecified atom stereocenters. The Morgan fingerprint density at radius 2 is 1.71 bits per heavy atom. The van der Waals surface area contributed by atoms with Gasteiger partial charge >= 0.3 is 5.97 Å². The lowest BCUT2D eigenvalue weighted by Gasteiger charge is -2.16. The standard InChI is InChI=1S/C11H12BrClO4/c1-5-6(11(14)17-4)9(15-2)7(12)10(16-3)8(5)13/h1-4H3. The van der Waals surface area contributed by atoms with Gasteiger partial charge in [0, 0.05) is 0 Å². The predicted molar refractivity (Wildman–Crippen MR) is 68.3 cm³/mol. The third-order valence-corrected chi connectivity index (χ3v) is 3.50. The lowest BCUT2D eigenvalue weighted by atomic mass is 10.1. The first kappa shape index (κ1) is 14.1. The van der Waals surface area contributed by atoms with E-state index in [1.807, 2.05) is 0 Å². The molecule has 0 spiro atoms.